The normalized spacial score (nSPS) is 11.6. The van der Waals surface area contributed by atoms with Gasteiger partial charge in [-0.15, -0.1) is 0 Å². The number of nitrogens with zero attached hydrogens (tertiary/aromatic N) is 1. The molecule has 7 nitrogen and oxygen atoms in total. The lowest BCUT2D eigenvalue weighted by Gasteiger charge is -2.16. The average Bonchev–Trinajstić information content (AvgIpc) is 2.67. The predicted octanol–water partition coefficient (Wildman–Crippen LogP) is 4.42. The van der Waals surface area contributed by atoms with E-state index in [-0.39, 0.29) is 28.4 Å². The number of non-ortho nitro benzene ring substituents is 1. The number of carbonyl (C=O) groups is 1. The zero-order valence-electron chi connectivity index (χ0n) is 16.9. The first-order chi connectivity index (χ1) is 13.7. The summed E-state index contributed by atoms with van der Waals surface area (Å²) >= 11 is 5.21. The molecule has 0 fully saturated rings. The molecule has 0 bridgehead atoms. The highest BCUT2D eigenvalue weighted by molar-refractivity contribution is 7.80. The summed E-state index contributed by atoms with van der Waals surface area (Å²) in [6, 6.07) is 12.1. The van der Waals surface area contributed by atoms with Crippen LogP contribution >= 0.6 is 12.2 Å². The minimum atomic E-state index is -0.513. The van der Waals surface area contributed by atoms with E-state index in [4.69, 9.17) is 17.0 Å². The third kappa shape index (κ3) is 6.25. The van der Waals surface area contributed by atoms with Crippen LogP contribution in [0.1, 0.15) is 37.8 Å². The predicted molar refractivity (Wildman–Crippen MR) is 117 cm³/mol. The van der Waals surface area contributed by atoms with Crippen LogP contribution in [0.4, 0.5) is 11.4 Å². The maximum absolute atomic E-state index is 12.5. The van der Waals surface area contributed by atoms with Gasteiger partial charge in [0, 0.05) is 6.07 Å². The number of nitro groups is 1. The lowest BCUT2D eigenvalue weighted by molar-refractivity contribution is -0.384. The first-order valence-corrected chi connectivity index (χ1v) is 9.65. The fourth-order valence-corrected chi connectivity index (χ4v) is 3.05. The van der Waals surface area contributed by atoms with Crippen LogP contribution in [0.5, 0.6) is 5.75 Å². The van der Waals surface area contributed by atoms with Crippen LogP contribution in [0.25, 0.3) is 0 Å². The Balaban J connectivity index is 2.01. The van der Waals surface area contributed by atoms with Gasteiger partial charge in [0.2, 0.25) is 5.91 Å². The van der Waals surface area contributed by atoms with Gasteiger partial charge in [-0.2, -0.15) is 0 Å². The number of rotatable bonds is 7. The molecule has 0 heterocycles. The van der Waals surface area contributed by atoms with E-state index in [2.05, 4.69) is 24.5 Å². The third-order valence-corrected chi connectivity index (χ3v) is 4.60. The van der Waals surface area contributed by atoms with E-state index in [1.54, 1.807) is 0 Å². The number of ether oxygens (including phenoxy) is 1. The lowest BCUT2D eigenvalue weighted by atomic mass is 9.96. The maximum atomic E-state index is 12.5. The number of benzene rings is 2. The molecule has 2 aromatic rings. The molecule has 0 aromatic heterocycles. The number of methoxy groups -OCH3 is 1. The molecule has 0 spiro atoms. The summed E-state index contributed by atoms with van der Waals surface area (Å²) in [5.41, 5.74) is 2.45. The quantitative estimate of drug-likeness (QED) is 0.395. The number of carbonyl (C=O) groups excluding carboxylic acids is 1. The molecule has 0 radical (unpaired) electrons. The van der Waals surface area contributed by atoms with Crippen LogP contribution in [0, 0.1) is 16.0 Å². The molecule has 0 saturated carbocycles. The molecule has 0 aliphatic carbocycles. The van der Waals surface area contributed by atoms with E-state index >= 15 is 0 Å². The van der Waals surface area contributed by atoms with E-state index in [0.717, 1.165) is 12.0 Å². The molecule has 8 heteroatoms. The van der Waals surface area contributed by atoms with Crippen LogP contribution in [-0.2, 0) is 11.2 Å². The summed E-state index contributed by atoms with van der Waals surface area (Å²) in [6.45, 7) is 6.14. The third-order valence-electron chi connectivity index (χ3n) is 4.40. The van der Waals surface area contributed by atoms with Gasteiger partial charge >= 0.3 is 0 Å². The molecule has 2 N–H and O–H groups in total. The molecule has 1 unspecified atom stereocenters. The summed E-state index contributed by atoms with van der Waals surface area (Å²) in [4.78, 5) is 22.9. The molecule has 1 amide bonds. The zero-order chi connectivity index (χ0) is 21.6. The highest BCUT2D eigenvalue weighted by Gasteiger charge is 2.18. The minimum Gasteiger partial charge on any atom is -0.494 e. The van der Waals surface area contributed by atoms with Crippen molar-refractivity contribution in [3.05, 3.63) is 63.7 Å². The second kappa shape index (κ2) is 9.97. The Morgan fingerprint density at radius 3 is 2.38 bits per heavy atom. The summed E-state index contributed by atoms with van der Waals surface area (Å²) in [5.74, 6) is 0.188. The van der Waals surface area contributed by atoms with Crippen LogP contribution < -0.4 is 15.4 Å². The monoisotopic (exact) mass is 415 g/mol. The molecular weight excluding hydrogens is 390 g/mol. The Labute approximate surface area is 175 Å². The smallest absolute Gasteiger partial charge is 0.273 e. The average molecular weight is 416 g/mol. The van der Waals surface area contributed by atoms with E-state index in [9.17, 15) is 14.9 Å². The second-order valence-electron chi connectivity index (χ2n) is 7.15. The molecule has 0 aliphatic rings. The Hall–Kier alpha value is -3.00. The summed E-state index contributed by atoms with van der Waals surface area (Å²) in [7, 11) is 1.40. The first-order valence-electron chi connectivity index (χ1n) is 9.24. The van der Waals surface area contributed by atoms with E-state index < -0.39 is 4.92 Å². The Morgan fingerprint density at radius 2 is 1.83 bits per heavy atom. The molecule has 2 aromatic carbocycles. The number of amides is 1. The number of nitro benzene ring substituents is 1. The molecule has 0 saturated heterocycles. The Bertz CT molecular complexity index is 897. The summed E-state index contributed by atoms with van der Waals surface area (Å²) < 4.78 is 5.16. The van der Waals surface area contributed by atoms with Crippen molar-refractivity contribution >= 4 is 34.6 Å². The summed E-state index contributed by atoms with van der Waals surface area (Å²) in [5, 5.41) is 16.5. The Morgan fingerprint density at radius 1 is 1.17 bits per heavy atom. The van der Waals surface area contributed by atoms with Gasteiger partial charge in [0.1, 0.15) is 5.75 Å². The van der Waals surface area contributed by atoms with Crippen LogP contribution in [0.3, 0.4) is 0 Å². The highest BCUT2D eigenvalue weighted by Crippen LogP contribution is 2.29. The maximum Gasteiger partial charge on any atom is 0.273 e. The fraction of sp³-hybridized carbons (Fsp3) is 0.333. The molecule has 154 valence electrons. The second-order valence-corrected chi connectivity index (χ2v) is 7.55. The fourth-order valence-electron chi connectivity index (χ4n) is 2.84. The number of thiocarbonyl (C=S) groups is 1. The number of anilines is 1. The molecule has 29 heavy (non-hydrogen) atoms. The van der Waals surface area contributed by atoms with Crippen molar-refractivity contribution in [2.45, 2.75) is 33.1 Å². The van der Waals surface area contributed by atoms with Crippen LogP contribution in [0.15, 0.2) is 42.5 Å². The van der Waals surface area contributed by atoms with Crippen molar-refractivity contribution in [2.24, 2.45) is 5.92 Å². The molecule has 1 atom stereocenters. The van der Waals surface area contributed by atoms with Gasteiger partial charge in [0.25, 0.3) is 5.69 Å². The van der Waals surface area contributed by atoms with Gasteiger partial charge in [-0.25, -0.2) is 0 Å². The van der Waals surface area contributed by atoms with Gasteiger partial charge in [-0.05, 0) is 48.7 Å². The Kier molecular flexibility index (Phi) is 7.67. The van der Waals surface area contributed by atoms with Crippen molar-refractivity contribution < 1.29 is 14.5 Å². The van der Waals surface area contributed by atoms with E-state index in [1.165, 1.54) is 30.9 Å². The molecule has 0 aliphatic heterocycles. The van der Waals surface area contributed by atoms with Gasteiger partial charge in [0.05, 0.1) is 29.7 Å². The van der Waals surface area contributed by atoms with Crippen molar-refractivity contribution in [1.29, 1.82) is 0 Å². The number of nitrogens with one attached hydrogen (secondary N) is 2. The minimum absolute atomic E-state index is 0.0884. The zero-order valence-corrected chi connectivity index (χ0v) is 17.7. The van der Waals surface area contributed by atoms with Crippen LogP contribution in [0.2, 0.25) is 0 Å². The van der Waals surface area contributed by atoms with Gasteiger partial charge in [-0.3, -0.25) is 14.9 Å². The van der Waals surface area contributed by atoms with Gasteiger partial charge < -0.3 is 15.4 Å². The van der Waals surface area contributed by atoms with Crippen LogP contribution in [-0.4, -0.2) is 23.1 Å². The van der Waals surface area contributed by atoms with Crippen molar-refractivity contribution in [3.8, 4) is 5.75 Å². The summed E-state index contributed by atoms with van der Waals surface area (Å²) in [6.07, 6.45) is 0.992. The lowest BCUT2D eigenvalue weighted by Crippen LogP contribution is -2.36. The molecule has 2 rings (SSSR count). The van der Waals surface area contributed by atoms with Crippen molar-refractivity contribution in [2.75, 3.05) is 12.4 Å². The van der Waals surface area contributed by atoms with Crippen molar-refractivity contribution in [3.63, 3.8) is 0 Å². The standard InChI is InChI=1S/C21H25N3O4S/c1-13(2)11-15-5-7-16(8-6-15)14(3)20(25)23-21(29)22-18-10-9-17(24(26)27)12-19(18)28-4/h5-10,12-14H,11H2,1-4H3,(H2,22,23,25,29). The topological polar surface area (TPSA) is 93.5 Å². The number of hydrogen-bond donors (Lipinski definition) is 2. The largest absolute Gasteiger partial charge is 0.494 e. The highest BCUT2D eigenvalue weighted by atomic mass is 32.1. The van der Waals surface area contributed by atoms with E-state index in [1.807, 2.05) is 31.2 Å². The number of hydrogen-bond acceptors (Lipinski definition) is 5. The SMILES string of the molecule is COc1cc([N+](=O)[O-])ccc1NC(=S)NC(=O)C(C)c1ccc(CC(C)C)cc1. The first kappa shape index (κ1) is 22.3. The van der Waals surface area contributed by atoms with Gasteiger partial charge in [0.15, 0.2) is 5.11 Å². The molecular formula is C21H25N3O4S. The van der Waals surface area contributed by atoms with E-state index in [0.29, 0.717) is 11.6 Å². The van der Waals surface area contributed by atoms with Crippen molar-refractivity contribution in [1.82, 2.24) is 5.32 Å². The van der Waals surface area contributed by atoms with Gasteiger partial charge in [-0.1, -0.05) is 38.1 Å².